The van der Waals surface area contributed by atoms with Gasteiger partial charge < -0.3 is 5.32 Å². The van der Waals surface area contributed by atoms with Gasteiger partial charge in [-0.1, -0.05) is 60.7 Å². The summed E-state index contributed by atoms with van der Waals surface area (Å²) >= 11 is 0. The molecule has 0 atom stereocenters. The van der Waals surface area contributed by atoms with E-state index in [0.29, 0.717) is 0 Å². The first kappa shape index (κ1) is 28.6. The van der Waals surface area contributed by atoms with Crippen LogP contribution in [-0.2, 0) is 4.79 Å². The van der Waals surface area contributed by atoms with Crippen molar-refractivity contribution >= 4 is 66.8 Å². The first-order valence-electron chi connectivity index (χ1n) is 13.5. The number of rotatable bonds is 4. The van der Waals surface area contributed by atoms with E-state index in [-0.39, 0.29) is 33.8 Å². The highest BCUT2D eigenvalue weighted by Crippen LogP contribution is 2.45. The molecule has 0 fully saturated rings. The number of non-ortho nitro benzene ring substituents is 2. The van der Waals surface area contributed by atoms with Crippen LogP contribution >= 0.6 is 0 Å². The molecule has 1 N–H and O–H groups in total. The fourth-order valence-corrected chi connectivity index (χ4v) is 5.69. The summed E-state index contributed by atoms with van der Waals surface area (Å²) in [7, 11) is 0. The van der Waals surface area contributed by atoms with E-state index in [9.17, 15) is 39.9 Å². The van der Waals surface area contributed by atoms with Crippen molar-refractivity contribution in [1.82, 2.24) is 0 Å². The van der Waals surface area contributed by atoms with Crippen LogP contribution < -0.4 is 5.32 Å². The molecule has 12 nitrogen and oxygen atoms in total. The van der Waals surface area contributed by atoms with E-state index in [1.54, 1.807) is 6.92 Å². The van der Waals surface area contributed by atoms with Gasteiger partial charge in [0.1, 0.15) is 0 Å². The normalized spacial score (nSPS) is 11.4. The molecule has 0 bridgehead atoms. The molecule has 1 amide bonds. The number of carbonyl (C=O) groups excluding carboxylic acids is 2. The highest BCUT2D eigenvalue weighted by Gasteiger charge is 2.37. The molecule has 0 saturated heterocycles. The highest BCUT2D eigenvalue weighted by molar-refractivity contribution is 6.24. The Kier molecular flexibility index (Phi) is 6.94. The van der Waals surface area contributed by atoms with Crippen molar-refractivity contribution in [2.45, 2.75) is 6.92 Å². The fraction of sp³-hybridized carbons (Fsp3) is 0.0303. The Morgan fingerprint density at radius 3 is 1.91 bits per heavy atom. The van der Waals surface area contributed by atoms with Gasteiger partial charge in [0.2, 0.25) is 5.91 Å². The topological polar surface area (TPSA) is 176 Å². The number of benzene rings is 6. The van der Waals surface area contributed by atoms with Gasteiger partial charge in [-0.15, -0.1) is 0 Å². The van der Waals surface area contributed by atoms with Gasteiger partial charge in [0.05, 0.1) is 26.4 Å². The Hall–Kier alpha value is -6.56. The molecule has 0 heterocycles. The molecule has 1 aliphatic rings. The molecule has 6 aromatic rings. The molecule has 7 rings (SSSR count). The predicted molar refractivity (Wildman–Crippen MR) is 169 cm³/mol. The lowest BCUT2D eigenvalue weighted by molar-refractivity contribution is -0.393. The standard InChI is InChI=1S/C20H15NO.C13H5N3O7/c1-13(22)21-19-12-15-11-10-14-6-2-3-7-16(14)20(15)18-9-5-4-8-17(18)19;17-13-9-3-6(14(18)19)1-2-8(9)12-10(13)4-7(15(20)21)5-11(12)16(22)23/h2-12H,1H3,(H,21,22);1-5H. The molecule has 0 aliphatic heterocycles. The van der Waals surface area contributed by atoms with Crippen LogP contribution in [0.25, 0.3) is 43.4 Å². The van der Waals surface area contributed by atoms with Crippen LogP contribution in [0.15, 0.2) is 97.1 Å². The number of ketones is 1. The third-order valence-electron chi connectivity index (χ3n) is 7.54. The largest absolute Gasteiger partial charge is 0.326 e. The second-order valence-electron chi connectivity index (χ2n) is 10.3. The minimum atomic E-state index is -0.841. The second kappa shape index (κ2) is 10.9. The van der Waals surface area contributed by atoms with Gasteiger partial charge in [0.25, 0.3) is 17.1 Å². The third kappa shape index (κ3) is 4.95. The van der Waals surface area contributed by atoms with Gasteiger partial charge in [-0.05, 0) is 39.1 Å². The van der Waals surface area contributed by atoms with Crippen LogP contribution in [0.1, 0.15) is 22.8 Å². The van der Waals surface area contributed by atoms with E-state index < -0.39 is 31.9 Å². The molecule has 0 spiro atoms. The quantitative estimate of drug-likeness (QED) is 0.121. The average molecular weight is 601 g/mol. The Bertz CT molecular complexity index is 2300. The Morgan fingerprint density at radius 1 is 0.622 bits per heavy atom. The maximum Gasteiger partial charge on any atom is 0.284 e. The van der Waals surface area contributed by atoms with Gasteiger partial charge in [-0.2, -0.15) is 0 Å². The van der Waals surface area contributed by atoms with Crippen molar-refractivity contribution in [2.75, 3.05) is 5.32 Å². The number of amides is 1. The SMILES string of the molecule is CC(=O)Nc1cc2ccc3ccccc3c2c2ccccc12.O=C1c2cc([N+](=O)[O-])ccc2-c2c1cc([N+](=O)[O-])cc2[N+](=O)[O-]. The van der Waals surface area contributed by atoms with E-state index >= 15 is 0 Å². The van der Waals surface area contributed by atoms with Crippen molar-refractivity contribution < 1.29 is 24.4 Å². The third-order valence-corrected chi connectivity index (χ3v) is 7.54. The number of fused-ring (bicyclic) bond motifs is 8. The van der Waals surface area contributed by atoms with E-state index in [1.807, 2.05) is 12.1 Å². The van der Waals surface area contributed by atoms with Gasteiger partial charge in [-0.25, -0.2) is 0 Å². The molecule has 45 heavy (non-hydrogen) atoms. The monoisotopic (exact) mass is 600 g/mol. The molecule has 0 aromatic heterocycles. The minimum Gasteiger partial charge on any atom is -0.326 e. The minimum absolute atomic E-state index is 0.0507. The van der Waals surface area contributed by atoms with E-state index in [4.69, 9.17) is 0 Å². The average Bonchev–Trinajstić information content (AvgIpc) is 3.31. The number of hydrogen-bond donors (Lipinski definition) is 1. The zero-order valence-electron chi connectivity index (χ0n) is 23.3. The molecule has 0 saturated carbocycles. The zero-order valence-corrected chi connectivity index (χ0v) is 23.3. The molecular weight excluding hydrogens is 580 g/mol. The summed E-state index contributed by atoms with van der Waals surface area (Å²) in [6.45, 7) is 1.54. The number of nitro groups is 3. The van der Waals surface area contributed by atoms with Crippen LogP contribution in [0, 0.1) is 30.3 Å². The number of nitrogens with zero attached hydrogens (tertiary/aromatic N) is 3. The zero-order chi connectivity index (χ0) is 32.0. The van der Waals surface area contributed by atoms with Crippen LogP contribution in [-0.4, -0.2) is 26.5 Å². The second-order valence-corrected chi connectivity index (χ2v) is 10.3. The van der Waals surface area contributed by atoms with E-state index in [2.05, 4.69) is 59.9 Å². The number of nitrogens with one attached hydrogen (secondary N) is 1. The van der Waals surface area contributed by atoms with Crippen LogP contribution in [0.2, 0.25) is 0 Å². The van der Waals surface area contributed by atoms with E-state index in [1.165, 1.54) is 27.6 Å². The van der Waals surface area contributed by atoms with Crippen molar-refractivity contribution in [3.8, 4) is 11.1 Å². The van der Waals surface area contributed by atoms with Gasteiger partial charge in [0, 0.05) is 52.9 Å². The lowest BCUT2D eigenvalue weighted by Gasteiger charge is -2.12. The Balaban J connectivity index is 0.000000159. The Labute approximate surface area is 253 Å². The molecule has 0 radical (unpaired) electrons. The maximum atomic E-state index is 12.3. The summed E-state index contributed by atoms with van der Waals surface area (Å²) in [4.78, 5) is 54.3. The predicted octanol–water partition coefficient (Wildman–Crippen LogP) is 7.73. The smallest absolute Gasteiger partial charge is 0.284 e. The Morgan fingerprint density at radius 2 is 1.24 bits per heavy atom. The van der Waals surface area contributed by atoms with Crippen LogP contribution in [0.3, 0.4) is 0 Å². The number of carbonyl (C=O) groups is 2. The lowest BCUT2D eigenvalue weighted by Crippen LogP contribution is -2.06. The van der Waals surface area contributed by atoms with Crippen molar-refractivity contribution in [3.63, 3.8) is 0 Å². The highest BCUT2D eigenvalue weighted by atomic mass is 16.6. The summed E-state index contributed by atoms with van der Waals surface area (Å²) in [5.74, 6) is -0.768. The lowest BCUT2D eigenvalue weighted by atomic mass is 9.95. The summed E-state index contributed by atoms with van der Waals surface area (Å²) in [6, 6.07) is 28.0. The van der Waals surface area contributed by atoms with Crippen molar-refractivity contribution in [2.24, 2.45) is 0 Å². The molecular formula is C33H20N4O8. The molecule has 12 heteroatoms. The number of hydrogen-bond acceptors (Lipinski definition) is 8. The van der Waals surface area contributed by atoms with Gasteiger partial charge in [-0.3, -0.25) is 39.9 Å². The van der Waals surface area contributed by atoms with Gasteiger partial charge >= 0.3 is 0 Å². The van der Waals surface area contributed by atoms with Crippen molar-refractivity contribution in [1.29, 1.82) is 0 Å². The molecule has 6 aromatic carbocycles. The number of anilines is 1. The summed E-state index contributed by atoms with van der Waals surface area (Å²) in [6.07, 6.45) is 0. The van der Waals surface area contributed by atoms with Crippen molar-refractivity contribution in [3.05, 3.63) is 139 Å². The molecule has 0 unspecified atom stereocenters. The first-order valence-corrected chi connectivity index (χ1v) is 13.5. The van der Waals surface area contributed by atoms with Crippen LogP contribution in [0.4, 0.5) is 22.7 Å². The molecule has 220 valence electrons. The van der Waals surface area contributed by atoms with E-state index in [0.717, 1.165) is 40.7 Å². The molecule has 1 aliphatic carbocycles. The van der Waals surface area contributed by atoms with Crippen LogP contribution in [0.5, 0.6) is 0 Å². The maximum absolute atomic E-state index is 12.3. The number of nitro benzene ring substituents is 3. The fourth-order valence-electron chi connectivity index (χ4n) is 5.69. The summed E-state index contributed by atoms with van der Waals surface area (Å²) in [5, 5.41) is 42.9. The first-order chi connectivity index (χ1) is 21.5. The summed E-state index contributed by atoms with van der Waals surface area (Å²) < 4.78 is 0. The van der Waals surface area contributed by atoms with Gasteiger partial charge in [0.15, 0.2) is 5.78 Å². The summed E-state index contributed by atoms with van der Waals surface area (Å²) in [5.41, 5.74) is -0.860.